The van der Waals surface area contributed by atoms with Gasteiger partial charge in [0.1, 0.15) is 12.4 Å². The molecule has 0 unspecified atom stereocenters. The Balaban J connectivity index is 1.85. The Morgan fingerprint density at radius 2 is 2.00 bits per heavy atom. The van der Waals surface area contributed by atoms with Crippen molar-refractivity contribution in [1.29, 1.82) is 0 Å². The summed E-state index contributed by atoms with van der Waals surface area (Å²) in [7, 11) is 1.49. The number of amides is 2. The van der Waals surface area contributed by atoms with Crippen LogP contribution in [-0.4, -0.2) is 18.3 Å². The Bertz CT molecular complexity index is 785. The van der Waals surface area contributed by atoms with Crippen LogP contribution in [-0.2, 0) is 6.61 Å². The Hall–Kier alpha value is -2.53. The third-order valence-electron chi connectivity index (χ3n) is 4.51. The molecule has 0 saturated heterocycles. The fraction of sp³-hybridized carbons (Fsp3) is 0.350. The van der Waals surface area contributed by atoms with E-state index in [0.717, 1.165) is 35.3 Å². The standard InChI is InChI=1S/C20H24N2O3/c1-13-4-9-19(14(2)10-13)25-12-17-8-7-16(15-5-6-15)11-18(17)22(24)20(23)21-3/h4,7-11,15,24H,5-6,12H2,1-3H3,(H,21,23). The van der Waals surface area contributed by atoms with Crippen molar-refractivity contribution in [3.63, 3.8) is 0 Å². The van der Waals surface area contributed by atoms with Crippen LogP contribution in [0.25, 0.3) is 0 Å². The van der Waals surface area contributed by atoms with E-state index in [9.17, 15) is 10.0 Å². The van der Waals surface area contributed by atoms with Gasteiger partial charge in [-0.2, -0.15) is 5.06 Å². The molecule has 0 radical (unpaired) electrons. The van der Waals surface area contributed by atoms with Crippen molar-refractivity contribution in [3.8, 4) is 5.75 Å². The summed E-state index contributed by atoms with van der Waals surface area (Å²) in [5.74, 6) is 1.33. The monoisotopic (exact) mass is 340 g/mol. The molecule has 25 heavy (non-hydrogen) atoms. The van der Waals surface area contributed by atoms with E-state index in [1.807, 2.05) is 38.1 Å². The number of rotatable bonds is 5. The first-order valence-corrected chi connectivity index (χ1v) is 8.53. The minimum atomic E-state index is -0.569. The van der Waals surface area contributed by atoms with Crippen molar-refractivity contribution in [1.82, 2.24) is 5.32 Å². The molecule has 1 aliphatic rings. The Kier molecular flexibility index (Phi) is 4.95. The molecule has 0 aromatic heterocycles. The number of hydroxylamine groups is 1. The summed E-state index contributed by atoms with van der Waals surface area (Å²) in [6, 6.07) is 11.3. The maximum Gasteiger partial charge on any atom is 0.345 e. The third-order valence-corrected chi connectivity index (χ3v) is 4.51. The number of urea groups is 1. The van der Waals surface area contributed by atoms with Gasteiger partial charge in [0, 0.05) is 12.6 Å². The normalized spacial score (nSPS) is 13.4. The molecule has 2 aromatic rings. The Morgan fingerprint density at radius 1 is 1.24 bits per heavy atom. The molecule has 2 N–H and O–H groups in total. The van der Waals surface area contributed by atoms with Gasteiger partial charge in [0.15, 0.2) is 0 Å². The summed E-state index contributed by atoms with van der Waals surface area (Å²) in [4.78, 5) is 11.9. The van der Waals surface area contributed by atoms with E-state index < -0.39 is 6.03 Å². The number of hydrogen-bond donors (Lipinski definition) is 2. The first-order valence-electron chi connectivity index (χ1n) is 8.53. The van der Waals surface area contributed by atoms with Gasteiger partial charge >= 0.3 is 6.03 Å². The van der Waals surface area contributed by atoms with Crippen molar-refractivity contribution in [3.05, 3.63) is 58.7 Å². The van der Waals surface area contributed by atoms with E-state index in [0.29, 0.717) is 16.7 Å². The number of benzene rings is 2. The second kappa shape index (κ2) is 7.15. The van der Waals surface area contributed by atoms with E-state index in [4.69, 9.17) is 4.74 Å². The summed E-state index contributed by atoms with van der Waals surface area (Å²) in [5, 5.41) is 13.3. The lowest BCUT2D eigenvalue weighted by Gasteiger charge is -2.20. The van der Waals surface area contributed by atoms with E-state index in [-0.39, 0.29) is 6.61 Å². The summed E-state index contributed by atoms with van der Waals surface area (Å²) in [6.07, 6.45) is 2.31. The molecular formula is C20H24N2O3. The van der Waals surface area contributed by atoms with Gasteiger partial charge in [-0.05, 0) is 55.9 Å². The van der Waals surface area contributed by atoms with E-state index in [1.54, 1.807) is 0 Å². The summed E-state index contributed by atoms with van der Waals surface area (Å²) in [5.41, 5.74) is 4.61. The lowest BCUT2D eigenvalue weighted by Crippen LogP contribution is -2.36. The molecule has 0 atom stereocenters. The van der Waals surface area contributed by atoms with E-state index in [1.165, 1.54) is 12.6 Å². The second-order valence-corrected chi connectivity index (χ2v) is 6.59. The van der Waals surface area contributed by atoms with Crippen LogP contribution < -0.4 is 15.1 Å². The predicted octanol–water partition coefficient (Wildman–Crippen LogP) is 4.29. The van der Waals surface area contributed by atoms with Crippen LogP contribution in [0.5, 0.6) is 5.75 Å². The minimum Gasteiger partial charge on any atom is -0.489 e. The Morgan fingerprint density at radius 3 is 2.64 bits per heavy atom. The molecule has 5 nitrogen and oxygen atoms in total. The number of nitrogens with one attached hydrogen (secondary N) is 1. The minimum absolute atomic E-state index is 0.276. The lowest BCUT2D eigenvalue weighted by atomic mass is 10.1. The molecule has 3 rings (SSSR count). The molecular weight excluding hydrogens is 316 g/mol. The summed E-state index contributed by atoms with van der Waals surface area (Å²) < 4.78 is 5.93. The molecule has 0 spiro atoms. The highest BCUT2D eigenvalue weighted by molar-refractivity contribution is 5.90. The number of hydrogen-bond acceptors (Lipinski definition) is 3. The van der Waals surface area contributed by atoms with Crippen LogP contribution in [0.15, 0.2) is 36.4 Å². The zero-order chi connectivity index (χ0) is 18.0. The topological polar surface area (TPSA) is 61.8 Å². The number of carbonyl (C=O) groups is 1. The molecule has 5 heteroatoms. The second-order valence-electron chi connectivity index (χ2n) is 6.59. The summed E-state index contributed by atoms with van der Waals surface area (Å²) >= 11 is 0. The summed E-state index contributed by atoms with van der Waals surface area (Å²) in [6.45, 7) is 4.32. The van der Waals surface area contributed by atoms with Crippen molar-refractivity contribution in [2.75, 3.05) is 12.1 Å². The molecule has 2 amide bonds. The first kappa shape index (κ1) is 17.3. The van der Waals surface area contributed by atoms with E-state index in [2.05, 4.69) is 17.4 Å². The highest BCUT2D eigenvalue weighted by atomic mass is 16.5. The van der Waals surface area contributed by atoms with Gasteiger partial charge in [0.2, 0.25) is 0 Å². The van der Waals surface area contributed by atoms with Crippen LogP contribution >= 0.6 is 0 Å². The smallest absolute Gasteiger partial charge is 0.345 e. The fourth-order valence-electron chi connectivity index (χ4n) is 2.90. The Labute approximate surface area is 148 Å². The van der Waals surface area contributed by atoms with Crippen LogP contribution in [0.3, 0.4) is 0 Å². The van der Waals surface area contributed by atoms with Crippen molar-refractivity contribution in [2.45, 2.75) is 39.2 Å². The van der Waals surface area contributed by atoms with Gasteiger partial charge in [0.05, 0.1) is 5.69 Å². The van der Waals surface area contributed by atoms with Crippen molar-refractivity contribution in [2.24, 2.45) is 0 Å². The van der Waals surface area contributed by atoms with Crippen LogP contribution in [0, 0.1) is 13.8 Å². The number of aryl methyl sites for hydroxylation is 2. The molecule has 132 valence electrons. The number of carbonyl (C=O) groups excluding carboxylic acids is 1. The van der Waals surface area contributed by atoms with Crippen molar-refractivity contribution >= 4 is 11.7 Å². The zero-order valence-electron chi connectivity index (χ0n) is 14.9. The average molecular weight is 340 g/mol. The molecule has 1 fully saturated rings. The van der Waals surface area contributed by atoms with Gasteiger partial charge < -0.3 is 10.1 Å². The van der Waals surface area contributed by atoms with Crippen LogP contribution in [0.2, 0.25) is 0 Å². The molecule has 0 bridgehead atoms. The number of anilines is 1. The van der Waals surface area contributed by atoms with Crippen LogP contribution in [0.4, 0.5) is 10.5 Å². The van der Waals surface area contributed by atoms with E-state index >= 15 is 0 Å². The molecule has 0 heterocycles. The maximum absolute atomic E-state index is 11.9. The molecule has 1 aliphatic carbocycles. The van der Waals surface area contributed by atoms with Gasteiger partial charge in [-0.15, -0.1) is 0 Å². The SMILES string of the molecule is CNC(=O)N(O)c1cc(C2CC2)ccc1COc1ccc(C)cc1C. The predicted molar refractivity (Wildman–Crippen MR) is 97.4 cm³/mol. The quantitative estimate of drug-likeness (QED) is 0.630. The zero-order valence-corrected chi connectivity index (χ0v) is 14.9. The molecule has 1 saturated carbocycles. The fourth-order valence-corrected chi connectivity index (χ4v) is 2.90. The van der Waals surface area contributed by atoms with Gasteiger partial charge in [-0.1, -0.05) is 29.8 Å². The number of ether oxygens (including phenoxy) is 1. The number of nitrogens with zero attached hydrogens (tertiary/aromatic N) is 1. The molecule has 2 aromatic carbocycles. The lowest BCUT2D eigenvalue weighted by molar-refractivity contribution is 0.205. The van der Waals surface area contributed by atoms with Crippen LogP contribution in [0.1, 0.15) is 41.0 Å². The average Bonchev–Trinajstić information content (AvgIpc) is 3.44. The van der Waals surface area contributed by atoms with Gasteiger partial charge in [0.25, 0.3) is 0 Å². The van der Waals surface area contributed by atoms with Gasteiger partial charge in [-0.3, -0.25) is 5.21 Å². The highest BCUT2D eigenvalue weighted by Gasteiger charge is 2.26. The maximum atomic E-state index is 11.9. The van der Waals surface area contributed by atoms with Crippen molar-refractivity contribution < 1.29 is 14.7 Å². The van der Waals surface area contributed by atoms with Gasteiger partial charge in [-0.25, -0.2) is 4.79 Å². The first-order chi connectivity index (χ1) is 12.0. The third kappa shape index (κ3) is 3.94. The highest BCUT2D eigenvalue weighted by Crippen LogP contribution is 2.41. The molecule has 0 aliphatic heterocycles. The largest absolute Gasteiger partial charge is 0.489 e.